The number of hydrogen-bond donors (Lipinski definition) is 0. The number of hydrogen-bond acceptors (Lipinski definition) is 2. The molecule has 0 aliphatic rings. The molecule has 0 fully saturated rings. The van der Waals surface area contributed by atoms with Crippen molar-refractivity contribution in [1.82, 2.24) is 0 Å². The van der Waals surface area contributed by atoms with Crippen molar-refractivity contribution in [2.24, 2.45) is 0 Å². The van der Waals surface area contributed by atoms with Crippen LogP contribution in [0.15, 0.2) is 60.7 Å². The third-order valence-corrected chi connectivity index (χ3v) is 2.74. The summed E-state index contributed by atoms with van der Waals surface area (Å²) in [7, 11) is 0. The molecule has 0 saturated carbocycles. The van der Waals surface area contributed by atoms with Crippen LogP contribution in [-0.4, -0.2) is 5.97 Å². The standard InChI is InChI=1S/C16H16O2/c1-13(17)18-16(15-10-6-3-7-11-15)12-14-8-4-2-5-9-14/h2-11,16H,12H2,1H3. The van der Waals surface area contributed by atoms with E-state index < -0.39 is 0 Å². The maximum Gasteiger partial charge on any atom is 0.303 e. The Hall–Kier alpha value is -2.09. The summed E-state index contributed by atoms with van der Waals surface area (Å²) >= 11 is 0. The van der Waals surface area contributed by atoms with Crippen LogP contribution in [0.25, 0.3) is 0 Å². The topological polar surface area (TPSA) is 26.3 Å². The van der Waals surface area contributed by atoms with Gasteiger partial charge in [0.05, 0.1) is 0 Å². The fourth-order valence-electron chi connectivity index (χ4n) is 1.92. The average Bonchev–Trinajstić information content (AvgIpc) is 2.40. The lowest BCUT2D eigenvalue weighted by Gasteiger charge is -2.17. The molecule has 0 aliphatic heterocycles. The van der Waals surface area contributed by atoms with Crippen molar-refractivity contribution in [2.75, 3.05) is 0 Å². The van der Waals surface area contributed by atoms with Crippen LogP contribution >= 0.6 is 0 Å². The fraction of sp³-hybridized carbons (Fsp3) is 0.188. The third-order valence-electron chi connectivity index (χ3n) is 2.74. The Morgan fingerprint density at radius 3 is 2.11 bits per heavy atom. The Kier molecular flexibility index (Phi) is 4.13. The molecule has 0 bridgehead atoms. The highest BCUT2D eigenvalue weighted by atomic mass is 16.5. The van der Waals surface area contributed by atoms with Gasteiger partial charge in [-0.2, -0.15) is 0 Å². The van der Waals surface area contributed by atoms with Gasteiger partial charge < -0.3 is 4.74 Å². The normalized spacial score (nSPS) is 11.8. The first-order chi connectivity index (χ1) is 8.75. The molecule has 0 saturated heterocycles. The molecule has 2 aromatic rings. The van der Waals surface area contributed by atoms with Gasteiger partial charge in [-0.1, -0.05) is 60.7 Å². The third kappa shape index (κ3) is 3.45. The average molecular weight is 240 g/mol. The van der Waals surface area contributed by atoms with Gasteiger partial charge in [0.2, 0.25) is 0 Å². The van der Waals surface area contributed by atoms with Gasteiger partial charge in [0, 0.05) is 13.3 Å². The minimum Gasteiger partial charge on any atom is -0.457 e. The Morgan fingerprint density at radius 2 is 1.56 bits per heavy atom. The van der Waals surface area contributed by atoms with Crippen molar-refractivity contribution >= 4 is 5.97 Å². The monoisotopic (exact) mass is 240 g/mol. The highest BCUT2D eigenvalue weighted by Gasteiger charge is 2.14. The van der Waals surface area contributed by atoms with Gasteiger partial charge in [-0.15, -0.1) is 0 Å². The van der Waals surface area contributed by atoms with Crippen LogP contribution in [0.5, 0.6) is 0 Å². The summed E-state index contributed by atoms with van der Waals surface area (Å²) in [5, 5.41) is 0. The van der Waals surface area contributed by atoms with E-state index in [0.29, 0.717) is 6.42 Å². The van der Waals surface area contributed by atoms with Gasteiger partial charge in [-0.3, -0.25) is 4.79 Å². The van der Waals surface area contributed by atoms with E-state index in [1.165, 1.54) is 6.92 Å². The smallest absolute Gasteiger partial charge is 0.303 e. The second-order valence-corrected chi connectivity index (χ2v) is 4.20. The quantitative estimate of drug-likeness (QED) is 0.764. The molecular formula is C16H16O2. The van der Waals surface area contributed by atoms with Gasteiger partial charge in [0.1, 0.15) is 6.10 Å². The zero-order valence-corrected chi connectivity index (χ0v) is 10.4. The van der Waals surface area contributed by atoms with Crippen molar-refractivity contribution in [1.29, 1.82) is 0 Å². The number of rotatable bonds is 4. The first-order valence-electron chi connectivity index (χ1n) is 6.02. The zero-order valence-electron chi connectivity index (χ0n) is 10.4. The predicted octanol–water partition coefficient (Wildman–Crippen LogP) is 3.53. The first kappa shape index (κ1) is 12.4. The SMILES string of the molecule is CC(=O)OC(Cc1ccccc1)c1ccccc1. The van der Waals surface area contributed by atoms with Gasteiger partial charge >= 0.3 is 5.97 Å². The first-order valence-corrected chi connectivity index (χ1v) is 6.02. The van der Waals surface area contributed by atoms with E-state index in [-0.39, 0.29) is 12.1 Å². The fourth-order valence-corrected chi connectivity index (χ4v) is 1.92. The van der Waals surface area contributed by atoms with Crippen LogP contribution in [0.2, 0.25) is 0 Å². The molecule has 1 atom stereocenters. The number of carbonyl (C=O) groups excluding carboxylic acids is 1. The molecule has 0 aromatic heterocycles. The molecule has 2 nitrogen and oxygen atoms in total. The minimum atomic E-state index is -0.250. The molecule has 0 amide bonds. The Labute approximate surface area is 107 Å². The maximum absolute atomic E-state index is 11.2. The van der Waals surface area contributed by atoms with Crippen LogP contribution in [0.4, 0.5) is 0 Å². The zero-order chi connectivity index (χ0) is 12.8. The molecule has 92 valence electrons. The van der Waals surface area contributed by atoms with E-state index >= 15 is 0 Å². The van der Waals surface area contributed by atoms with E-state index in [1.807, 2.05) is 60.7 Å². The van der Waals surface area contributed by atoms with Crippen molar-refractivity contribution < 1.29 is 9.53 Å². The lowest BCUT2D eigenvalue weighted by molar-refractivity contribution is -0.146. The van der Waals surface area contributed by atoms with Crippen LogP contribution in [0.1, 0.15) is 24.2 Å². The highest BCUT2D eigenvalue weighted by Crippen LogP contribution is 2.22. The molecular weight excluding hydrogens is 224 g/mol. The summed E-state index contributed by atoms with van der Waals surface area (Å²) in [6.45, 7) is 1.45. The van der Waals surface area contributed by atoms with E-state index in [0.717, 1.165) is 11.1 Å². The summed E-state index contributed by atoms with van der Waals surface area (Å²) in [5.74, 6) is -0.250. The Bertz CT molecular complexity index is 491. The van der Waals surface area contributed by atoms with Crippen LogP contribution in [0.3, 0.4) is 0 Å². The van der Waals surface area contributed by atoms with Gasteiger partial charge in [-0.25, -0.2) is 0 Å². The van der Waals surface area contributed by atoms with Gasteiger partial charge in [0.15, 0.2) is 0 Å². The second kappa shape index (κ2) is 6.01. The minimum absolute atomic E-state index is 0.217. The molecule has 0 heterocycles. The summed E-state index contributed by atoms with van der Waals surface area (Å²) in [4.78, 5) is 11.2. The molecule has 2 heteroatoms. The lowest BCUT2D eigenvalue weighted by Crippen LogP contribution is -2.11. The number of ether oxygens (including phenoxy) is 1. The highest BCUT2D eigenvalue weighted by molar-refractivity contribution is 5.66. The predicted molar refractivity (Wildman–Crippen MR) is 71.1 cm³/mol. The van der Waals surface area contributed by atoms with Crippen molar-refractivity contribution in [3.63, 3.8) is 0 Å². The molecule has 18 heavy (non-hydrogen) atoms. The van der Waals surface area contributed by atoms with Crippen molar-refractivity contribution in [3.05, 3.63) is 71.8 Å². The molecule has 0 aliphatic carbocycles. The van der Waals surface area contributed by atoms with E-state index in [4.69, 9.17) is 4.74 Å². The molecule has 2 rings (SSSR count). The lowest BCUT2D eigenvalue weighted by atomic mass is 10.0. The molecule has 0 N–H and O–H groups in total. The largest absolute Gasteiger partial charge is 0.457 e. The summed E-state index contributed by atoms with van der Waals surface area (Å²) in [6, 6.07) is 19.9. The molecule has 1 unspecified atom stereocenters. The van der Waals surface area contributed by atoms with Crippen LogP contribution in [0, 0.1) is 0 Å². The Morgan fingerprint density at radius 1 is 1.00 bits per heavy atom. The second-order valence-electron chi connectivity index (χ2n) is 4.20. The summed E-state index contributed by atoms with van der Waals surface area (Å²) in [6.07, 6.45) is 0.482. The van der Waals surface area contributed by atoms with Crippen molar-refractivity contribution in [3.8, 4) is 0 Å². The number of esters is 1. The molecule has 0 radical (unpaired) electrons. The molecule has 0 spiro atoms. The van der Waals surface area contributed by atoms with Crippen LogP contribution < -0.4 is 0 Å². The Balaban J connectivity index is 2.18. The van der Waals surface area contributed by atoms with Gasteiger partial charge in [-0.05, 0) is 11.1 Å². The number of benzene rings is 2. The molecule has 2 aromatic carbocycles. The van der Waals surface area contributed by atoms with E-state index in [9.17, 15) is 4.79 Å². The van der Waals surface area contributed by atoms with Gasteiger partial charge in [0.25, 0.3) is 0 Å². The number of carbonyl (C=O) groups is 1. The van der Waals surface area contributed by atoms with Crippen molar-refractivity contribution in [2.45, 2.75) is 19.4 Å². The maximum atomic E-state index is 11.2. The summed E-state index contributed by atoms with van der Waals surface area (Å²) in [5.41, 5.74) is 2.18. The van der Waals surface area contributed by atoms with E-state index in [1.54, 1.807) is 0 Å². The van der Waals surface area contributed by atoms with Crippen LogP contribution in [-0.2, 0) is 16.0 Å². The summed E-state index contributed by atoms with van der Waals surface area (Å²) < 4.78 is 5.40. The van der Waals surface area contributed by atoms with E-state index in [2.05, 4.69) is 0 Å².